The van der Waals surface area contributed by atoms with Crippen LogP contribution < -0.4 is 0 Å². The van der Waals surface area contributed by atoms with E-state index in [1.165, 1.54) is 0 Å². The van der Waals surface area contributed by atoms with Gasteiger partial charge in [-0.1, -0.05) is 72.8 Å². The Labute approximate surface area is 164 Å². The maximum Gasteiger partial charge on any atom is 0.259 e. The first-order chi connectivity index (χ1) is 13.6. The Balaban J connectivity index is 1.96. The van der Waals surface area contributed by atoms with Gasteiger partial charge >= 0.3 is 0 Å². The smallest absolute Gasteiger partial charge is 0.259 e. The summed E-state index contributed by atoms with van der Waals surface area (Å²) in [6, 6.07) is 18.5. The minimum Gasteiger partial charge on any atom is -0.366 e. The number of rotatable bonds is 4. The van der Waals surface area contributed by atoms with E-state index in [1.54, 1.807) is 43.3 Å². The van der Waals surface area contributed by atoms with Crippen molar-refractivity contribution in [3.05, 3.63) is 108 Å². The molecule has 0 aromatic heterocycles. The van der Waals surface area contributed by atoms with Gasteiger partial charge in [0, 0.05) is 25.3 Å². The van der Waals surface area contributed by atoms with Gasteiger partial charge in [0.2, 0.25) is 0 Å². The predicted octanol–water partition coefficient (Wildman–Crippen LogP) is 3.84. The zero-order valence-corrected chi connectivity index (χ0v) is 15.8. The van der Waals surface area contributed by atoms with Crippen LogP contribution in [0.3, 0.4) is 0 Å². The average Bonchev–Trinajstić information content (AvgIpc) is 2.97. The SMILES string of the molecule is CO[C]1C=CC2(C=C1)C(c1ccccc1)=C(C(=O)c1ccccc1)C(=O)N2C. The van der Waals surface area contributed by atoms with Crippen molar-refractivity contribution in [3.8, 4) is 0 Å². The first-order valence-corrected chi connectivity index (χ1v) is 9.06. The van der Waals surface area contributed by atoms with Crippen LogP contribution >= 0.6 is 0 Å². The molecule has 2 aromatic rings. The molecule has 1 radical (unpaired) electrons. The van der Waals surface area contributed by atoms with Gasteiger partial charge in [0.05, 0.1) is 5.57 Å². The van der Waals surface area contributed by atoms with Crippen molar-refractivity contribution in [1.82, 2.24) is 4.90 Å². The van der Waals surface area contributed by atoms with E-state index in [4.69, 9.17) is 4.74 Å². The van der Waals surface area contributed by atoms with Crippen LogP contribution in [0.1, 0.15) is 15.9 Å². The molecule has 0 N–H and O–H groups in total. The number of hydrogen-bond acceptors (Lipinski definition) is 3. The summed E-state index contributed by atoms with van der Waals surface area (Å²) in [6.07, 6.45) is 8.20. The summed E-state index contributed by atoms with van der Waals surface area (Å²) in [5.41, 5.74) is 1.40. The van der Waals surface area contributed by atoms with Gasteiger partial charge < -0.3 is 9.64 Å². The molecule has 28 heavy (non-hydrogen) atoms. The fourth-order valence-corrected chi connectivity index (χ4v) is 3.79. The van der Waals surface area contributed by atoms with Gasteiger partial charge in [0.1, 0.15) is 11.6 Å². The summed E-state index contributed by atoms with van der Waals surface area (Å²) in [5, 5.41) is 0. The van der Waals surface area contributed by atoms with E-state index < -0.39 is 5.54 Å². The standard InChI is InChI=1S/C24H20NO3/c1-25-23(27)20(22(26)18-11-7-4-8-12-18)21(17-9-5-3-6-10-17)24(25)15-13-19(28-2)14-16-24/h3-16H,1-2H3. The summed E-state index contributed by atoms with van der Waals surface area (Å²) in [6.45, 7) is 0. The Morgan fingerprint density at radius 3 is 2.07 bits per heavy atom. The molecule has 2 aromatic carbocycles. The number of hydrogen-bond donors (Lipinski definition) is 0. The van der Waals surface area contributed by atoms with Crippen LogP contribution in [0.15, 0.2) is 90.5 Å². The molecule has 4 heteroatoms. The first-order valence-electron chi connectivity index (χ1n) is 9.06. The van der Waals surface area contributed by atoms with E-state index in [1.807, 2.05) is 60.7 Å². The molecular weight excluding hydrogens is 350 g/mol. The maximum atomic E-state index is 13.3. The van der Waals surface area contributed by atoms with Crippen LogP contribution in [0, 0.1) is 6.10 Å². The van der Waals surface area contributed by atoms with E-state index >= 15 is 0 Å². The van der Waals surface area contributed by atoms with E-state index in [2.05, 4.69) is 0 Å². The molecule has 0 saturated heterocycles. The third-order valence-electron chi connectivity index (χ3n) is 5.29. The van der Waals surface area contributed by atoms with Crippen LogP contribution in [0.4, 0.5) is 0 Å². The van der Waals surface area contributed by atoms with Gasteiger partial charge in [-0.05, 0) is 17.7 Å². The number of likely N-dealkylation sites (N-methyl/N-ethyl adjacent to an activating group) is 1. The second kappa shape index (κ2) is 7.06. The summed E-state index contributed by atoms with van der Waals surface area (Å²) in [7, 11) is 3.33. The van der Waals surface area contributed by atoms with Crippen molar-refractivity contribution in [3.63, 3.8) is 0 Å². The van der Waals surface area contributed by atoms with Gasteiger partial charge in [-0.3, -0.25) is 9.59 Å². The molecule has 2 aliphatic rings. The Morgan fingerprint density at radius 2 is 1.50 bits per heavy atom. The van der Waals surface area contributed by atoms with Crippen molar-refractivity contribution in [2.75, 3.05) is 14.2 Å². The van der Waals surface area contributed by atoms with Crippen molar-refractivity contribution < 1.29 is 14.3 Å². The van der Waals surface area contributed by atoms with Crippen LogP contribution in [0.5, 0.6) is 0 Å². The summed E-state index contributed by atoms with van der Waals surface area (Å²) >= 11 is 0. The molecular formula is C24H20NO3. The van der Waals surface area contributed by atoms with Crippen LogP contribution in [-0.4, -0.2) is 36.3 Å². The molecule has 4 nitrogen and oxygen atoms in total. The topological polar surface area (TPSA) is 46.6 Å². The molecule has 1 aliphatic heterocycles. The lowest BCUT2D eigenvalue weighted by molar-refractivity contribution is -0.125. The largest absolute Gasteiger partial charge is 0.366 e. The monoisotopic (exact) mass is 370 g/mol. The van der Waals surface area contributed by atoms with Crippen molar-refractivity contribution in [2.24, 2.45) is 0 Å². The summed E-state index contributed by atoms with van der Waals surface area (Å²) < 4.78 is 5.30. The number of ether oxygens (including phenoxy) is 1. The van der Waals surface area contributed by atoms with E-state index in [0.717, 1.165) is 5.56 Å². The fourth-order valence-electron chi connectivity index (χ4n) is 3.79. The zero-order valence-electron chi connectivity index (χ0n) is 15.8. The highest BCUT2D eigenvalue weighted by Gasteiger charge is 2.50. The fraction of sp³-hybridized carbons (Fsp3) is 0.125. The minimum atomic E-state index is -0.833. The Hall–Kier alpha value is -3.24. The molecule has 1 spiro atoms. The quantitative estimate of drug-likeness (QED) is 0.607. The minimum absolute atomic E-state index is 0.204. The molecule has 1 amide bonds. The van der Waals surface area contributed by atoms with E-state index in [-0.39, 0.29) is 17.3 Å². The number of carbonyl (C=O) groups excluding carboxylic acids is 2. The van der Waals surface area contributed by atoms with Gasteiger partial charge in [0.15, 0.2) is 5.78 Å². The van der Waals surface area contributed by atoms with Crippen LogP contribution in [0.25, 0.3) is 5.57 Å². The van der Waals surface area contributed by atoms with Crippen LogP contribution in [0.2, 0.25) is 0 Å². The number of amides is 1. The number of ketones is 1. The van der Waals surface area contributed by atoms with Crippen molar-refractivity contribution in [2.45, 2.75) is 5.54 Å². The molecule has 0 atom stereocenters. The molecule has 0 saturated carbocycles. The maximum absolute atomic E-state index is 13.3. The molecule has 1 heterocycles. The highest BCUT2D eigenvalue weighted by Crippen LogP contribution is 2.46. The second-order valence-electron chi connectivity index (χ2n) is 6.77. The third-order valence-corrected chi connectivity index (χ3v) is 5.29. The lowest BCUT2D eigenvalue weighted by Gasteiger charge is -2.36. The first kappa shape index (κ1) is 18.1. The Bertz CT molecular complexity index is 989. The van der Waals surface area contributed by atoms with Crippen molar-refractivity contribution >= 4 is 17.3 Å². The average molecular weight is 370 g/mol. The Kier molecular flexibility index (Phi) is 4.57. The lowest BCUT2D eigenvalue weighted by Crippen LogP contribution is -2.43. The number of nitrogens with zero attached hydrogens (tertiary/aromatic N) is 1. The van der Waals surface area contributed by atoms with E-state index in [0.29, 0.717) is 17.2 Å². The molecule has 0 unspecified atom stereocenters. The normalized spacial score (nSPS) is 18.4. The van der Waals surface area contributed by atoms with Crippen LogP contribution in [-0.2, 0) is 9.53 Å². The predicted molar refractivity (Wildman–Crippen MR) is 108 cm³/mol. The van der Waals surface area contributed by atoms with Gasteiger partial charge in [0.25, 0.3) is 5.91 Å². The number of carbonyl (C=O) groups is 2. The van der Waals surface area contributed by atoms with E-state index in [9.17, 15) is 9.59 Å². The highest BCUT2D eigenvalue weighted by molar-refractivity contribution is 6.33. The molecule has 0 fully saturated rings. The summed E-state index contributed by atoms with van der Waals surface area (Å²) in [5.74, 6) is -0.556. The van der Waals surface area contributed by atoms with Gasteiger partial charge in [-0.25, -0.2) is 0 Å². The number of Topliss-reactive ketones (excluding diaryl/α,β-unsaturated/α-hetero) is 1. The number of benzene rings is 2. The second-order valence-corrected chi connectivity index (χ2v) is 6.77. The molecule has 4 rings (SSSR count). The molecule has 0 bridgehead atoms. The highest BCUT2D eigenvalue weighted by atomic mass is 16.5. The van der Waals surface area contributed by atoms with Gasteiger partial charge in [-0.2, -0.15) is 0 Å². The third kappa shape index (κ3) is 2.74. The molecule has 139 valence electrons. The molecule has 1 aliphatic carbocycles. The Morgan fingerprint density at radius 1 is 0.929 bits per heavy atom. The van der Waals surface area contributed by atoms with Crippen molar-refractivity contribution in [1.29, 1.82) is 0 Å². The van der Waals surface area contributed by atoms with Gasteiger partial charge in [-0.15, -0.1) is 0 Å². The summed E-state index contributed by atoms with van der Waals surface area (Å²) in [4.78, 5) is 28.2. The lowest BCUT2D eigenvalue weighted by atomic mass is 9.80. The zero-order chi connectivity index (χ0) is 19.7. The number of methoxy groups -OCH3 is 1.